The van der Waals surface area contributed by atoms with Gasteiger partial charge in [-0.25, -0.2) is 4.98 Å². The highest BCUT2D eigenvalue weighted by molar-refractivity contribution is 5.76. The molecular weight excluding hydrogens is 356 g/mol. The summed E-state index contributed by atoms with van der Waals surface area (Å²) in [5.41, 5.74) is 9.76. The number of nitrogens with two attached hydrogens (primary N) is 1. The Labute approximate surface area is 152 Å². The molecule has 4 rings (SSSR count). The molecule has 0 aliphatic heterocycles. The summed E-state index contributed by atoms with van der Waals surface area (Å²) in [7, 11) is 0. The molecule has 0 bridgehead atoms. The Balaban J connectivity index is 1.47. The molecule has 0 spiro atoms. The maximum absolute atomic E-state index is 12.2. The summed E-state index contributed by atoms with van der Waals surface area (Å²) < 4.78 is 30.5. The van der Waals surface area contributed by atoms with Crippen LogP contribution in [0.5, 0.6) is 5.75 Å². The molecule has 3 aromatic heterocycles. The van der Waals surface area contributed by atoms with E-state index in [1.54, 1.807) is 29.1 Å². The van der Waals surface area contributed by atoms with Gasteiger partial charge in [0.15, 0.2) is 0 Å². The number of aromatic amines is 1. The van der Waals surface area contributed by atoms with Gasteiger partial charge in [-0.1, -0.05) is 12.1 Å². The molecule has 0 fully saturated rings. The molecule has 138 valence electrons. The van der Waals surface area contributed by atoms with Crippen molar-refractivity contribution in [3.05, 3.63) is 59.4 Å². The van der Waals surface area contributed by atoms with Crippen LogP contribution >= 0.6 is 0 Å². The Morgan fingerprint density at radius 3 is 2.74 bits per heavy atom. The molecule has 1 aromatic carbocycles. The minimum Gasteiger partial charge on any atom is -0.435 e. The number of hydrogen-bond acceptors (Lipinski definition) is 6. The van der Waals surface area contributed by atoms with Gasteiger partial charge in [-0.2, -0.15) is 24.2 Å². The first-order chi connectivity index (χ1) is 13.1. The van der Waals surface area contributed by atoms with Gasteiger partial charge in [0.1, 0.15) is 17.1 Å². The first-order valence-corrected chi connectivity index (χ1v) is 8.08. The van der Waals surface area contributed by atoms with E-state index in [1.807, 2.05) is 6.20 Å². The number of H-pyrrole nitrogens is 1. The molecule has 0 radical (unpaired) electrons. The zero-order chi connectivity index (χ0) is 18.8. The summed E-state index contributed by atoms with van der Waals surface area (Å²) in [6.45, 7) is -2.32. The Bertz CT molecular complexity index is 1060. The van der Waals surface area contributed by atoms with E-state index in [9.17, 15) is 8.78 Å². The molecule has 0 aliphatic carbocycles. The van der Waals surface area contributed by atoms with Gasteiger partial charge in [0.05, 0.1) is 12.7 Å². The fourth-order valence-corrected chi connectivity index (χ4v) is 2.82. The van der Waals surface area contributed by atoms with Gasteiger partial charge < -0.3 is 10.5 Å². The minimum atomic E-state index is -2.83. The number of alkyl halides is 2. The Hall–Kier alpha value is -3.56. The number of nitrogens with zero attached hydrogens (tertiary/aromatic N) is 5. The van der Waals surface area contributed by atoms with E-state index in [-0.39, 0.29) is 5.75 Å². The third kappa shape index (κ3) is 3.84. The van der Waals surface area contributed by atoms with Gasteiger partial charge in [-0.3, -0.25) is 4.68 Å². The number of aromatic nitrogens is 6. The number of hydrogen-bond donors (Lipinski definition) is 2. The van der Waals surface area contributed by atoms with Crippen molar-refractivity contribution < 1.29 is 13.5 Å². The molecule has 27 heavy (non-hydrogen) atoms. The van der Waals surface area contributed by atoms with Gasteiger partial charge in [0, 0.05) is 12.6 Å². The molecule has 3 N–H and O–H groups in total. The lowest BCUT2D eigenvalue weighted by atomic mass is 10.1. The number of rotatable bonds is 6. The highest BCUT2D eigenvalue weighted by Crippen LogP contribution is 2.19. The lowest BCUT2D eigenvalue weighted by Crippen LogP contribution is -2.03. The lowest BCUT2D eigenvalue weighted by molar-refractivity contribution is -0.0498. The number of nitrogen functional groups attached to an aromatic ring is 1. The Kier molecular flexibility index (Phi) is 4.37. The van der Waals surface area contributed by atoms with Crippen LogP contribution in [0.15, 0.2) is 42.7 Å². The van der Waals surface area contributed by atoms with Crippen LogP contribution in [0.25, 0.3) is 11.2 Å². The van der Waals surface area contributed by atoms with Gasteiger partial charge >= 0.3 is 6.61 Å². The smallest absolute Gasteiger partial charge is 0.387 e. The molecule has 0 saturated carbocycles. The number of halogens is 2. The van der Waals surface area contributed by atoms with Gasteiger partial charge in [0.25, 0.3) is 0 Å². The van der Waals surface area contributed by atoms with E-state index in [0.29, 0.717) is 29.9 Å². The summed E-state index contributed by atoms with van der Waals surface area (Å²) in [5.74, 6) is 0.506. The van der Waals surface area contributed by atoms with Crippen molar-refractivity contribution in [1.82, 2.24) is 30.2 Å². The van der Waals surface area contributed by atoms with Crippen LogP contribution in [-0.4, -0.2) is 36.8 Å². The maximum Gasteiger partial charge on any atom is 0.387 e. The number of pyridine rings is 1. The Morgan fingerprint density at radius 1 is 1.15 bits per heavy atom. The summed E-state index contributed by atoms with van der Waals surface area (Å²) in [6, 6.07) is 8.23. The molecule has 0 amide bonds. The summed E-state index contributed by atoms with van der Waals surface area (Å²) in [5, 5.41) is 15.0. The zero-order valence-electron chi connectivity index (χ0n) is 14.0. The van der Waals surface area contributed by atoms with Crippen LogP contribution in [0.3, 0.4) is 0 Å². The van der Waals surface area contributed by atoms with E-state index < -0.39 is 6.61 Å². The summed E-state index contributed by atoms with van der Waals surface area (Å²) >= 11 is 0. The average Bonchev–Trinajstić information content (AvgIpc) is 3.25. The molecule has 10 heteroatoms. The third-order valence-corrected chi connectivity index (χ3v) is 3.97. The molecular formula is C17H15F2N7O. The fourth-order valence-electron chi connectivity index (χ4n) is 2.82. The van der Waals surface area contributed by atoms with Crippen molar-refractivity contribution in [3.63, 3.8) is 0 Å². The highest BCUT2D eigenvalue weighted by atomic mass is 19.3. The number of benzene rings is 1. The van der Waals surface area contributed by atoms with Crippen LogP contribution in [0.2, 0.25) is 0 Å². The fraction of sp³-hybridized carbons (Fsp3) is 0.176. The molecule has 3 heterocycles. The van der Waals surface area contributed by atoms with Crippen LogP contribution in [0.4, 0.5) is 14.6 Å². The second-order valence-electron chi connectivity index (χ2n) is 5.95. The number of fused-ring (bicyclic) bond motifs is 1. The van der Waals surface area contributed by atoms with E-state index in [2.05, 4.69) is 30.2 Å². The van der Waals surface area contributed by atoms with Crippen LogP contribution < -0.4 is 10.5 Å². The molecule has 0 unspecified atom stereocenters. The lowest BCUT2D eigenvalue weighted by Gasteiger charge is -2.06. The van der Waals surface area contributed by atoms with Crippen molar-refractivity contribution in [2.75, 3.05) is 5.73 Å². The molecule has 4 aromatic rings. The summed E-state index contributed by atoms with van der Waals surface area (Å²) in [6.07, 6.45) is 4.25. The normalized spacial score (nSPS) is 11.4. The SMILES string of the molecule is Nc1cc(Cc2cnn(Cc3ccc(OC(F)F)cc3)c2)c2n[nH]nc2n1. The molecule has 0 atom stereocenters. The van der Waals surface area contributed by atoms with E-state index >= 15 is 0 Å². The second kappa shape index (κ2) is 6.98. The van der Waals surface area contributed by atoms with Crippen LogP contribution in [0, 0.1) is 0 Å². The van der Waals surface area contributed by atoms with E-state index in [0.717, 1.165) is 16.7 Å². The Morgan fingerprint density at radius 2 is 1.96 bits per heavy atom. The quantitative estimate of drug-likeness (QED) is 0.539. The second-order valence-corrected chi connectivity index (χ2v) is 5.95. The predicted molar refractivity (Wildman–Crippen MR) is 93.3 cm³/mol. The third-order valence-electron chi connectivity index (χ3n) is 3.97. The zero-order valence-corrected chi connectivity index (χ0v) is 14.0. The van der Waals surface area contributed by atoms with E-state index in [1.165, 1.54) is 12.1 Å². The molecule has 0 saturated heterocycles. The largest absolute Gasteiger partial charge is 0.435 e. The summed E-state index contributed by atoms with van der Waals surface area (Å²) in [4.78, 5) is 4.12. The van der Waals surface area contributed by atoms with Gasteiger partial charge in [-0.05, 0) is 34.9 Å². The highest BCUT2D eigenvalue weighted by Gasteiger charge is 2.10. The minimum absolute atomic E-state index is 0.127. The van der Waals surface area contributed by atoms with Crippen molar-refractivity contribution >= 4 is 17.0 Å². The first-order valence-electron chi connectivity index (χ1n) is 8.08. The average molecular weight is 371 g/mol. The van der Waals surface area contributed by atoms with Crippen molar-refractivity contribution in [3.8, 4) is 5.75 Å². The standard InChI is InChI=1S/C17H15F2N7O/c18-17(19)27-13-3-1-10(2-4-13)8-26-9-11(7-21-26)5-12-6-14(20)22-16-15(12)23-25-24-16/h1-4,6-7,9,17H,5,8H2,(H3,20,22,23,24,25). The number of nitrogens with one attached hydrogen (secondary N) is 1. The van der Waals surface area contributed by atoms with Gasteiger partial charge in [-0.15, -0.1) is 5.10 Å². The van der Waals surface area contributed by atoms with Crippen molar-refractivity contribution in [1.29, 1.82) is 0 Å². The maximum atomic E-state index is 12.2. The first kappa shape index (κ1) is 16.9. The van der Waals surface area contributed by atoms with Crippen molar-refractivity contribution in [2.24, 2.45) is 0 Å². The monoisotopic (exact) mass is 371 g/mol. The molecule has 8 nitrogen and oxygen atoms in total. The number of ether oxygens (including phenoxy) is 1. The number of anilines is 1. The van der Waals surface area contributed by atoms with Crippen LogP contribution in [0.1, 0.15) is 16.7 Å². The predicted octanol–water partition coefficient (Wildman–Crippen LogP) is 2.37. The van der Waals surface area contributed by atoms with Crippen molar-refractivity contribution in [2.45, 2.75) is 19.6 Å². The molecule has 0 aliphatic rings. The van der Waals surface area contributed by atoms with Crippen LogP contribution in [-0.2, 0) is 13.0 Å². The van der Waals surface area contributed by atoms with Gasteiger partial charge in [0.2, 0.25) is 5.65 Å². The van der Waals surface area contributed by atoms with E-state index in [4.69, 9.17) is 5.73 Å². The topological polar surface area (TPSA) is 108 Å².